The Morgan fingerprint density at radius 3 is 3.00 bits per heavy atom. The highest BCUT2D eigenvalue weighted by Crippen LogP contribution is 2.27. The number of hydrogen-bond acceptors (Lipinski definition) is 3. The van der Waals surface area contributed by atoms with Gasteiger partial charge in [-0.25, -0.2) is 5.90 Å². The van der Waals surface area contributed by atoms with Crippen LogP contribution in [0.2, 0.25) is 0 Å². The van der Waals surface area contributed by atoms with Crippen LogP contribution in [0.5, 0.6) is 0 Å². The number of rotatable bonds is 1. The quantitative estimate of drug-likeness (QED) is 0.522. The zero-order chi connectivity index (χ0) is 6.97. The van der Waals surface area contributed by atoms with Gasteiger partial charge in [0.2, 0.25) is 0 Å². The van der Waals surface area contributed by atoms with Crippen LogP contribution in [-0.4, -0.2) is 30.6 Å². The van der Waals surface area contributed by atoms with Gasteiger partial charge in [-0.15, -0.1) is 0 Å². The zero-order valence-corrected chi connectivity index (χ0v) is 6.12. The molecule has 0 spiro atoms. The Kier molecular flexibility index (Phi) is 1.64. The molecule has 2 aliphatic rings. The normalized spacial score (nSPS) is 45.9. The first-order valence-electron chi connectivity index (χ1n) is 3.98. The van der Waals surface area contributed by atoms with E-state index in [-0.39, 0.29) is 0 Å². The van der Waals surface area contributed by atoms with Crippen LogP contribution in [0.15, 0.2) is 0 Å². The van der Waals surface area contributed by atoms with Gasteiger partial charge in [0, 0.05) is 19.0 Å². The Labute approximate surface area is 61.1 Å². The lowest BCUT2D eigenvalue weighted by Crippen LogP contribution is -2.26. The minimum atomic E-state index is 0.322. The molecule has 3 nitrogen and oxygen atoms in total. The Hall–Kier alpha value is -0.120. The van der Waals surface area contributed by atoms with Crippen molar-refractivity contribution >= 4 is 0 Å². The second-order valence-electron chi connectivity index (χ2n) is 3.34. The minimum Gasteiger partial charge on any atom is -0.300 e. The molecule has 0 saturated carbocycles. The van der Waals surface area contributed by atoms with Gasteiger partial charge in [0.25, 0.3) is 0 Å². The molecule has 2 fully saturated rings. The van der Waals surface area contributed by atoms with Crippen LogP contribution in [0.1, 0.15) is 12.8 Å². The molecule has 0 radical (unpaired) electrons. The fourth-order valence-electron chi connectivity index (χ4n) is 2.12. The summed E-state index contributed by atoms with van der Waals surface area (Å²) in [6.45, 7) is 3.51. The number of fused-ring (bicyclic) bond motifs is 2. The van der Waals surface area contributed by atoms with E-state index in [1.54, 1.807) is 0 Å². The summed E-state index contributed by atoms with van der Waals surface area (Å²) in [4.78, 5) is 7.32. The van der Waals surface area contributed by atoms with Crippen LogP contribution < -0.4 is 5.90 Å². The fourth-order valence-corrected chi connectivity index (χ4v) is 2.12. The van der Waals surface area contributed by atoms with Crippen molar-refractivity contribution in [1.82, 2.24) is 4.90 Å². The number of piperidine rings is 1. The maximum absolute atomic E-state index is 5.16. The Morgan fingerprint density at radius 1 is 1.40 bits per heavy atom. The molecule has 1 unspecified atom stereocenters. The van der Waals surface area contributed by atoms with Crippen molar-refractivity contribution in [3.8, 4) is 0 Å². The highest BCUT2D eigenvalue weighted by molar-refractivity contribution is 4.88. The summed E-state index contributed by atoms with van der Waals surface area (Å²) in [5.41, 5.74) is 0. The summed E-state index contributed by atoms with van der Waals surface area (Å²) in [5, 5.41) is 0. The van der Waals surface area contributed by atoms with E-state index in [9.17, 15) is 0 Å². The molecule has 2 bridgehead atoms. The molecule has 0 aromatic heterocycles. The molecule has 2 aliphatic heterocycles. The van der Waals surface area contributed by atoms with Crippen molar-refractivity contribution in [2.45, 2.75) is 18.9 Å². The maximum atomic E-state index is 5.16. The third-order valence-corrected chi connectivity index (χ3v) is 2.68. The Balaban J connectivity index is 2.01. The highest BCUT2D eigenvalue weighted by atomic mass is 16.6. The molecule has 0 aromatic carbocycles. The maximum Gasteiger partial charge on any atom is 0.0954 e. The Morgan fingerprint density at radius 2 is 2.30 bits per heavy atom. The van der Waals surface area contributed by atoms with Gasteiger partial charge in [0.15, 0.2) is 0 Å². The van der Waals surface area contributed by atoms with Gasteiger partial charge in [-0.1, -0.05) is 0 Å². The summed E-state index contributed by atoms with van der Waals surface area (Å²) in [5.74, 6) is 5.88. The summed E-state index contributed by atoms with van der Waals surface area (Å²) in [7, 11) is 0. The van der Waals surface area contributed by atoms with E-state index in [1.807, 2.05) is 0 Å². The molecule has 10 heavy (non-hydrogen) atoms. The standard InChI is InChI=1S/C7H14N2O/c8-10-7-5-9-3-1-2-6(7)4-9/h6-7H,1-5,8H2/t6-,7+/m1/s1. The first-order valence-corrected chi connectivity index (χ1v) is 3.98. The van der Waals surface area contributed by atoms with Crippen molar-refractivity contribution in [1.29, 1.82) is 0 Å². The molecule has 0 aliphatic carbocycles. The van der Waals surface area contributed by atoms with Crippen LogP contribution in [0.25, 0.3) is 0 Å². The molecule has 0 aromatic rings. The average Bonchev–Trinajstić information content (AvgIpc) is 2.26. The van der Waals surface area contributed by atoms with Crippen LogP contribution in [0.4, 0.5) is 0 Å². The largest absolute Gasteiger partial charge is 0.300 e. The van der Waals surface area contributed by atoms with E-state index in [4.69, 9.17) is 10.7 Å². The molecule has 2 rings (SSSR count). The van der Waals surface area contributed by atoms with Crippen LogP contribution in [0.3, 0.4) is 0 Å². The van der Waals surface area contributed by atoms with Crippen molar-refractivity contribution in [2.75, 3.05) is 19.6 Å². The fraction of sp³-hybridized carbons (Fsp3) is 1.00. The average molecular weight is 142 g/mol. The van der Waals surface area contributed by atoms with Crippen LogP contribution >= 0.6 is 0 Å². The second kappa shape index (κ2) is 2.49. The lowest BCUT2D eigenvalue weighted by molar-refractivity contribution is 0.0357. The molecular weight excluding hydrogens is 128 g/mol. The Bertz CT molecular complexity index is 129. The molecule has 2 saturated heterocycles. The minimum absolute atomic E-state index is 0.322. The van der Waals surface area contributed by atoms with Crippen molar-refractivity contribution in [3.63, 3.8) is 0 Å². The summed E-state index contributed by atoms with van der Waals surface area (Å²) < 4.78 is 0. The first-order chi connectivity index (χ1) is 4.90. The smallest absolute Gasteiger partial charge is 0.0954 e. The molecule has 3 atom stereocenters. The van der Waals surface area contributed by atoms with Gasteiger partial charge in [-0.05, 0) is 19.4 Å². The predicted molar refractivity (Wildman–Crippen MR) is 38.2 cm³/mol. The van der Waals surface area contributed by atoms with Crippen molar-refractivity contribution in [3.05, 3.63) is 0 Å². The molecule has 0 amide bonds. The third kappa shape index (κ3) is 0.944. The summed E-state index contributed by atoms with van der Waals surface area (Å²) in [6.07, 6.45) is 2.95. The molecular formula is C7H14N2O. The number of nitrogens with two attached hydrogens (primary N) is 1. The predicted octanol–water partition coefficient (Wildman–Crippen LogP) is -0.0291. The van der Waals surface area contributed by atoms with Gasteiger partial charge in [0.05, 0.1) is 6.10 Å². The van der Waals surface area contributed by atoms with E-state index in [2.05, 4.69) is 4.90 Å². The van der Waals surface area contributed by atoms with Gasteiger partial charge >= 0.3 is 0 Å². The van der Waals surface area contributed by atoms with Gasteiger partial charge in [-0.2, -0.15) is 0 Å². The van der Waals surface area contributed by atoms with Crippen LogP contribution in [0, 0.1) is 5.92 Å². The van der Waals surface area contributed by atoms with Gasteiger partial charge in [-0.3, -0.25) is 4.84 Å². The molecule has 2 N–H and O–H groups in total. The number of hydrogen-bond donors (Lipinski definition) is 1. The summed E-state index contributed by atoms with van der Waals surface area (Å²) in [6, 6.07) is 0. The lowest BCUT2D eigenvalue weighted by atomic mass is 9.99. The zero-order valence-electron chi connectivity index (χ0n) is 6.12. The van der Waals surface area contributed by atoms with E-state index < -0.39 is 0 Å². The topological polar surface area (TPSA) is 38.5 Å². The van der Waals surface area contributed by atoms with Gasteiger partial charge < -0.3 is 4.90 Å². The number of nitrogens with zero attached hydrogens (tertiary/aromatic N) is 1. The van der Waals surface area contributed by atoms with Gasteiger partial charge in [0.1, 0.15) is 0 Å². The van der Waals surface area contributed by atoms with E-state index >= 15 is 0 Å². The third-order valence-electron chi connectivity index (χ3n) is 2.68. The molecule has 2 heterocycles. The summed E-state index contributed by atoms with van der Waals surface area (Å²) >= 11 is 0. The SMILES string of the molecule is NO[C@H]1CN2CCC[C@@H]1C2. The monoisotopic (exact) mass is 142 g/mol. The van der Waals surface area contributed by atoms with Crippen LogP contribution in [-0.2, 0) is 4.84 Å². The lowest BCUT2D eigenvalue weighted by Gasteiger charge is -2.21. The van der Waals surface area contributed by atoms with Crippen molar-refractivity contribution < 1.29 is 4.84 Å². The second-order valence-corrected chi connectivity index (χ2v) is 3.34. The first kappa shape index (κ1) is 6.58. The molecule has 3 heteroatoms. The van der Waals surface area contributed by atoms with Crippen molar-refractivity contribution in [2.24, 2.45) is 11.8 Å². The van der Waals surface area contributed by atoms with E-state index in [1.165, 1.54) is 25.9 Å². The highest BCUT2D eigenvalue weighted by Gasteiger charge is 2.35. The van der Waals surface area contributed by atoms with E-state index in [0.29, 0.717) is 6.10 Å². The molecule has 58 valence electrons. The van der Waals surface area contributed by atoms with E-state index in [0.717, 1.165) is 12.5 Å².